The number of carbonyl (C=O) groups excluding carboxylic acids is 2. The van der Waals surface area contributed by atoms with Gasteiger partial charge in [0.1, 0.15) is 18.3 Å². The quantitative estimate of drug-likeness (QED) is 0.262. The number of benzene rings is 3. The zero-order valence-corrected chi connectivity index (χ0v) is 26.5. The molecule has 1 saturated carbocycles. The van der Waals surface area contributed by atoms with Gasteiger partial charge in [-0.05, 0) is 73.7 Å². The smallest absolute Gasteiger partial charge is 0.264 e. The van der Waals surface area contributed by atoms with Crippen LogP contribution in [-0.4, -0.2) is 50.9 Å². The zero-order chi connectivity index (χ0) is 31.0. The number of hydrogen-bond donors (Lipinski definition) is 1. The summed E-state index contributed by atoms with van der Waals surface area (Å²) >= 11 is 6.41. The van der Waals surface area contributed by atoms with Gasteiger partial charge in [0.15, 0.2) is 0 Å². The second-order valence-corrected chi connectivity index (χ2v) is 13.1. The van der Waals surface area contributed by atoms with Crippen molar-refractivity contribution in [3.05, 3.63) is 88.9 Å². The van der Waals surface area contributed by atoms with Crippen LogP contribution < -0.4 is 14.4 Å². The summed E-state index contributed by atoms with van der Waals surface area (Å²) in [6.07, 6.45) is 5.43. The molecule has 3 aromatic carbocycles. The molecule has 0 bridgehead atoms. The Kier molecular flexibility index (Phi) is 11.1. The number of sulfonamides is 1. The molecule has 0 saturated heterocycles. The number of ether oxygens (including phenoxy) is 1. The van der Waals surface area contributed by atoms with Crippen LogP contribution in [0.5, 0.6) is 5.75 Å². The van der Waals surface area contributed by atoms with Crippen LogP contribution in [0.15, 0.2) is 77.7 Å². The molecule has 3 aromatic rings. The predicted molar refractivity (Wildman–Crippen MR) is 170 cm³/mol. The van der Waals surface area contributed by atoms with E-state index in [4.69, 9.17) is 16.3 Å². The summed E-state index contributed by atoms with van der Waals surface area (Å²) in [5, 5.41) is 3.54. The van der Waals surface area contributed by atoms with Crippen LogP contribution >= 0.6 is 11.6 Å². The Morgan fingerprint density at radius 2 is 1.70 bits per heavy atom. The summed E-state index contributed by atoms with van der Waals surface area (Å²) in [7, 11) is -2.61. The highest BCUT2D eigenvalue weighted by Crippen LogP contribution is 2.31. The van der Waals surface area contributed by atoms with E-state index in [1.807, 2.05) is 25.1 Å². The summed E-state index contributed by atoms with van der Waals surface area (Å²) in [4.78, 5) is 29.6. The van der Waals surface area contributed by atoms with Gasteiger partial charge in [-0.25, -0.2) is 8.42 Å². The van der Waals surface area contributed by atoms with E-state index < -0.39 is 28.5 Å². The molecule has 43 heavy (non-hydrogen) atoms. The largest absolute Gasteiger partial charge is 0.497 e. The van der Waals surface area contributed by atoms with E-state index in [0.29, 0.717) is 28.4 Å². The van der Waals surface area contributed by atoms with Crippen molar-refractivity contribution >= 4 is 39.1 Å². The molecule has 0 aliphatic heterocycles. The number of methoxy groups -OCH3 is 1. The topological polar surface area (TPSA) is 96.0 Å². The second kappa shape index (κ2) is 14.8. The number of halogens is 1. The van der Waals surface area contributed by atoms with E-state index in [2.05, 4.69) is 5.32 Å². The first-order valence-corrected chi connectivity index (χ1v) is 16.5. The highest BCUT2D eigenvalue weighted by molar-refractivity contribution is 7.92. The van der Waals surface area contributed by atoms with Crippen LogP contribution in [0.4, 0.5) is 5.69 Å². The van der Waals surface area contributed by atoms with Crippen LogP contribution in [0.3, 0.4) is 0 Å². The van der Waals surface area contributed by atoms with Crippen LogP contribution in [-0.2, 0) is 26.2 Å². The lowest BCUT2D eigenvalue weighted by molar-refractivity contribution is -0.140. The molecule has 0 radical (unpaired) electrons. The van der Waals surface area contributed by atoms with E-state index in [1.54, 1.807) is 56.5 Å². The molecule has 4 rings (SSSR count). The number of anilines is 1. The lowest BCUT2D eigenvalue weighted by atomic mass is 9.95. The SMILES string of the molecule is CCC(C(=O)NC1CCCCC1)N(Cc1cccc(OC)c1)C(=O)CN(c1cccc(Cl)c1C)S(=O)(=O)c1ccccc1. The van der Waals surface area contributed by atoms with Crippen molar-refractivity contribution < 1.29 is 22.7 Å². The van der Waals surface area contributed by atoms with Crippen LogP contribution in [0.1, 0.15) is 56.6 Å². The Morgan fingerprint density at radius 3 is 2.37 bits per heavy atom. The molecule has 8 nitrogen and oxygen atoms in total. The van der Waals surface area contributed by atoms with Crippen molar-refractivity contribution in [1.82, 2.24) is 10.2 Å². The van der Waals surface area contributed by atoms with Gasteiger partial charge in [0, 0.05) is 17.6 Å². The fourth-order valence-corrected chi connectivity index (χ4v) is 7.19. The van der Waals surface area contributed by atoms with Crippen LogP contribution in [0.2, 0.25) is 5.02 Å². The molecule has 230 valence electrons. The van der Waals surface area contributed by atoms with Gasteiger partial charge in [0.25, 0.3) is 10.0 Å². The highest BCUT2D eigenvalue weighted by Gasteiger charge is 2.35. The van der Waals surface area contributed by atoms with E-state index in [1.165, 1.54) is 17.0 Å². The number of amides is 2. The molecule has 10 heteroatoms. The first-order chi connectivity index (χ1) is 20.6. The van der Waals surface area contributed by atoms with Gasteiger partial charge in [0.05, 0.1) is 17.7 Å². The molecule has 1 atom stereocenters. The molecule has 0 aromatic heterocycles. The Labute approximate surface area is 260 Å². The maximum atomic E-state index is 14.3. The lowest BCUT2D eigenvalue weighted by Gasteiger charge is -2.35. The van der Waals surface area contributed by atoms with E-state index in [-0.39, 0.29) is 23.4 Å². The van der Waals surface area contributed by atoms with Crippen molar-refractivity contribution in [2.24, 2.45) is 0 Å². The summed E-state index contributed by atoms with van der Waals surface area (Å²) in [6.45, 7) is 3.16. The first-order valence-electron chi connectivity index (χ1n) is 14.7. The number of hydrogen-bond acceptors (Lipinski definition) is 5. The van der Waals surface area contributed by atoms with Gasteiger partial charge >= 0.3 is 0 Å². The molecular weight excluding hydrogens is 586 g/mol. The molecule has 0 spiro atoms. The lowest BCUT2D eigenvalue weighted by Crippen LogP contribution is -2.54. The molecular formula is C33H40ClN3O5S. The average molecular weight is 626 g/mol. The van der Waals surface area contributed by atoms with Crippen LogP contribution in [0.25, 0.3) is 0 Å². The molecule has 0 heterocycles. The fourth-order valence-electron chi connectivity index (χ4n) is 5.53. The zero-order valence-electron chi connectivity index (χ0n) is 25.0. The minimum atomic E-state index is -4.17. The monoisotopic (exact) mass is 625 g/mol. The molecule has 1 aliphatic rings. The van der Waals surface area contributed by atoms with E-state index in [9.17, 15) is 18.0 Å². The van der Waals surface area contributed by atoms with Gasteiger partial charge in [-0.1, -0.05) is 74.2 Å². The minimum Gasteiger partial charge on any atom is -0.497 e. The molecule has 1 aliphatic carbocycles. The maximum absolute atomic E-state index is 14.3. The number of rotatable bonds is 12. The fraction of sp³-hybridized carbons (Fsp3) is 0.394. The molecule has 1 unspecified atom stereocenters. The van der Waals surface area contributed by atoms with E-state index in [0.717, 1.165) is 42.0 Å². The Bertz CT molecular complexity index is 1510. The summed E-state index contributed by atoms with van der Waals surface area (Å²) in [5.74, 6) is -0.123. The van der Waals surface area contributed by atoms with Crippen molar-refractivity contribution in [2.45, 2.75) is 75.9 Å². The second-order valence-electron chi connectivity index (χ2n) is 10.8. The number of nitrogens with one attached hydrogen (secondary N) is 1. The predicted octanol–water partition coefficient (Wildman–Crippen LogP) is 6.11. The van der Waals surface area contributed by atoms with Crippen molar-refractivity contribution in [3.63, 3.8) is 0 Å². The van der Waals surface area contributed by atoms with Gasteiger partial charge in [-0.2, -0.15) is 0 Å². The Balaban J connectivity index is 1.74. The summed E-state index contributed by atoms with van der Waals surface area (Å²) in [6, 6.07) is 19.5. The standard InChI is InChI=1S/C33H40ClN3O5S/c1-4-30(33(39)35-26-14-7-5-8-15-26)36(22-25-13-11-16-27(21-25)42-3)32(38)23-37(31-20-12-19-29(34)24(31)2)43(40,41)28-17-9-6-10-18-28/h6,9-13,16-21,26,30H,4-5,7-8,14-15,22-23H2,1-3H3,(H,35,39). The highest BCUT2D eigenvalue weighted by atomic mass is 35.5. The first kappa shape index (κ1) is 32.4. The third kappa shape index (κ3) is 7.89. The van der Waals surface area contributed by atoms with Crippen LogP contribution in [0, 0.1) is 6.92 Å². The Hall–Kier alpha value is -3.56. The van der Waals surface area contributed by atoms with Gasteiger partial charge in [0.2, 0.25) is 11.8 Å². The average Bonchev–Trinajstić information content (AvgIpc) is 3.02. The van der Waals surface area contributed by atoms with Crippen molar-refractivity contribution in [3.8, 4) is 5.75 Å². The van der Waals surface area contributed by atoms with Crippen molar-refractivity contribution in [1.29, 1.82) is 0 Å². The van der Waals surface area contributed by atoms with Crippen molar-refractivity contribution in [2.75, 3.05) is 18.0 Å². The normalized spacial score (nSPS) is 14.5. The van der Waals surface area contributed by atoms with Gasteiger partial charge in [-0.15, -0.1) is 0 Å². The van der Waals surface area contributed by atoms with Gasteiger partial charge < -0.3 is 15.0 Å². The summed E-state index contributed by atoms with van der Waals surface area (Å²) < 4.78 is 34.6. The minimum absolute atomic E-state index is 0.0450. The van der Waals surface area contributed by atoms with E-state index >= 15 is 0 Å². The number of nitrogens with zero attached hydrogens (tertiary/aromatic N) is 2. The third-order valence-electron chi connectivity index (χ3n) is 7.94. The maximum Gasteiger partial charge on any atom is 0.264 e. The third-order valence-corrected chi connectivity index (χ3v) is 10.1. The Morgan fingerprint density at radius 1 is 1.00 bits per heavy atom. The molecule has 2 amide bonds. The molecule has 1 fully saturated rings. The molecule has 1 N–H and O–H groups in total. The van der Waals surface area contributed by atoms with Gasteiger partial charge in [-0.3, -0.25) is 13.9 Å². The summed E-state index contributed by atoms with van der Waals surface area (Å²) in [5.41, 5.74) is 1.58. The number of carbonyl (C=O) groups is 2.